The van der Waals surface area contributed by atoms with Crippen LogP contribution in [0.3, 0.4) is 0 Å². The second-order valence-corrected chi connectivity index (χ2v) is 7.14. The number of likely N-dealkylation sites (N-methyl/N-ethyl adjacent to an activating group) is 1. The van der Waals surface area contributed by atoms with Crippen LogP contribution in [0.4, 0.5) is 0 Å². The standard InChI is InChI=1S/C13H21N5O2S/c1-2-15-13(10(14)19)6-5-9(7-13)21-12-17-16-11(20)18(12)8-3-4-8/h8-9,15H,2-7H2,1H3,(H2,14,19)(H,16,20). The molecule has 0 radical (unpaired) electrons. The minimum atomic E-state index is -0.604. The lowest BCUT2D eigenvalue weighted by molar-refractivity contribution is -0.124. The van der Waals surface area contributed by atoms with Gasteiger partial charge in [0.1, 0.15) is 0 Å². The lowest BCUT2D eigenvalue weighted by Crippen LogP contribution is -2.53. The van der Waals surface area contributed by atoms with Crippen molar-refractivity contribution >= 4 is 17.7 Å². The van der Waals surface area contributed by atoms with Crippen molar-refractivity contribution in [2.24, 2.45) is 5.73 Å². The molecule has 0 aromatic carbocycles. The first-order chi connectivity index (χ1) is 10.1. The van der Waals surface area contributed by atoms with E-state index in [-0.39, 0.29) is 16.8 Å². The largest absolute Gasteiger partial charge is 0.368 e. The van der Waals surface area contributed by atoms with Crippen LogP contribution in [0, 0.1) is 0 Å². The summed E-state index contributed by atoms with van der Waals surface area (Å²) in [6, 6.07) is 0.301. The fraction of sp³-hybridized carbons (Fsp3) is 0.769. The number of rotatable bonds is 6. The van der Waals surface area contributed by atoms with E-state index >= 15 is 0 Å². The van der Waals surface area contributed by atoms with E-state index in [1.165, 1.54) is 0 Å². The molecule has 4 N–H and O–H groups in total. The first-order valence-electron chi connectivity index (χ1n) is 7.44. The van der Waals surface area contributed by atoms with Gasteiger partial charge in [-0.25, -0.2) is 9.89 Å². The van der Waals surface area contributed by atoms with Crippen molar-refractivity contribution in [2.75, 3.05) is 6.54 Å². The van der Waals surface area contributed by atoms with E-state index in [1.807, 2.05) is 6.92 Å². The Hall–Kier alpha value is -1.28. The second-order valence-electron chi connectivity index (χ2n) is 5.87. The van der Waals surface area contributed by atoms with Crippen molar-refractivity contribution in [3.05, 3.63) is 10.5 Å². The highest BCUT2D eigenvalue weighted by atomic mass is 32.2. The van der Waals surface area contributed by atoms with E-state index in [1.54, 1.807) is 16.3 Å². The number of thioether (sulfide) groups is 1. The Balaban J connectivity index is 1.72. The quantitative estimate of drug-likeness (QED) is 0.704. The first kappa shape index (κ1) is 14.6. The van der Waals surface area contributed by atoms with Gasteiger partial charge in [-0.05, 0) is 38.6 Å². The van der Waals surface area contributed by atoms with Crippen molar-refractivity contribution in [3.8, 4) is 0 Å². The third-order valence-corrected chi connectivity index (χ3v) is 5.55. The van der Waals surface area contributed by atoms with Gasteiger partial charge in [-0.2, -0.15) is 0 Å². The summed E-state index contributed by atoms with van der Waals surface area (Å²) < 4.78 is 1.75. The molecule has 1 amide bonds. The molecule has 3 rings (SSSR count). The lowest BCUT2D eigenvalue weighted by atomic mass is 9.97. The molecule has 2 unspecified atom stereocenters. The minimum absolute atomic E-state index is 0.133. The van der Waals surface area contributed by atoms with Gasteiger partial charge in [0.15, 0.2) is 5.16 Å². The Morgan fingerprint density at radius 2 is 2.33 bits per heavy atom. The molecule has 7 nitrogen and oxygen atoms in total. The Labute approximate surface area is 127 Å². The highest BCUT2D eigenvalue weighted by molar-refractivity contribution is 7.99. The predicted molar refractivity (Wildman–Crippen MR) is 80.2 cm³/mol. The predicted octanol–water partition coefficient (Wildman–Crippen LogP) is 0.384. The molecule has 2 aliphatic rings. The van der Waals surface area contributed by atoms with Crippen LogP contribution in [0.2, 0.25) is 0 Å². The molecule has 0 saturated heterocycles. The number of amides is 1. The van der Waals surface area contributed by atoms with Crippen molar-refractivity contribution < 1.29 is 4.79 Å². The third kappa shape index (κ3) is 2.74. The Morgan fingerprint density at radius 3 is 2.95 bits per heavy atom. The van der Waals surface area contributed by atoms with E-state index in [0.717, 1.165) is 37.4 Å². The van der Waals surface area contributed by atoms with Gasteiger partial charge >= 0.3 is 5.69 Å². The Kier molecular flexibility index (Phi) is 3.83. The molecule has 1 heterocycles. The smallest absolute Gasteiger partial charge is 0.344 e. The van der Waals surface area contributed by atoms with Gasteiger partial charge in [-0.3, -0.25) is 9.36 Å². The molecular formula is C13H21N5O2S. The Morgan fingerprint density at radius 1 is 1.57 bits per heavy atom. The van der Waals surface area contributed by atoms with E-state index in [2.05, 4.69) is 15.5 Å². The van der Waals surface area contributed by atoms with Gasteiger partial charge in [0.05, 0.1) is 5.54 Å². The van der Waals surface area contributed by atoms with Crippen LogP contribution in [-0.4, -0.2) is 38.0 Å². The number of carbonyl (C=O) groups excluding carboxylic acids is 1. The SMILES string of the molecule is CCNC1(C(N)=O)CCC(Sc2n[nH]c(=O)n2C2CC2)C1. The number of carbonyl (C=O) groups is 1. The normalized spacial score (nSPS) is 28.9. The summed E-state index contributed by atoms with van der Waals surface area (Å²) in [5, 5.41) is 10.9. The molecule has 1 aromatic rings. The fourth-order valence-electron chi connectivity index (χ4n) is 3.09. The molecule has 21 heavy (non-hydrogen) atoms. The zero-order valence-electron chi connectivity index (χ0n) is 12.1. The molecule has 2 atom stereocenters. The molecule has 0 aliphatic heterocycles. The average molecular weight is 311 g/mol. The number of aromatic nitrogens is 3. The average Bonchev–Trinajstić information content (AvgIpc) is 3.09. The van der Waals surface area contributed by atoms with Crippen LogP contribution < -0.4 is 16.7 Å². The summed E-state index contributed by atoms with van der Waals surface area (Å²) >= 11 is 1.59. The van der Waals surface area contributed by atoms with Crippen LogP contribution >= 0.6 is 11.8 Å². The maximum atomic E-state index is 11.8. The summed E-state index contributed by atoms with van der Waals surface area (Å²) in [4.78, 5) is 23.6. The fourth-order valence-corrected chi connectivity index (χ4v) is 4.43. The van der Waals surface area contributed by atoms with Gasteiger partial charge in [-0.15, -0.1) is 5.10 Å². The maximum absolute atomic E-state index is 11.8. The van der Waals surface area contributed by atoms with E-state index in [4.69, 9.17) is 5.73 Å². The molecule has 1 aromatic heterocycles. The number of H-pyrrole nitrogens is 1. The number of hydrogen-bond donors (Lipinski definition) is 3. The highest BCUT2D eigenvalue weighted by Gasteiger charge is 2.44. The van der Waals surface area contributed by atoms with E-state index in [9.17, 15) is 9.59 Å². The number of primary amides is 1. The number of nitrogens with one attached hydrogen (secondary N) is 2. The van der Waals surface area contributed by atoms with Gasteiger partial charge in [0.2, 0.25) is 5.91 Å². The second kappa shape index (κ2) is 5.49. The maximum Gasteiger partial charge on any atom is 0.344 e. The highest BCUT2D eigenvalue weighted by Crippen LogP contribution is 2.42. The summed E-state index contributed by atoms with van der Waals surface area (Å²) in [5.74, 6) is -0.283. The van der Waals surface area contributed by atoms with Crippen molar-refractivity contribution in [1.82, 2.24) is 20.1 Å². The van der Waals surface area contributed by atoms with Crippen LogP contribution in [0.5, 0.6) is 0 Å². The summed E-state index contributed by atoms with van der Waals surface area (Å²) in [5.41, 5.74) is 4.84. The molecule has 2 fully saturated rings. The van der Waals surface area contributed by atoms with Gasteiger partial charge in [-0.1, -0.05) is 18.7 Å². The number of nitrogens with two attached hydrogens (primary N) is 1. The van der Waals surface area contributed by atoms with Crippen molar-refractivity contribution in [2.45, 2.75) is 61.0 Å². The zero-order chi connectivity index (χ0) is 15.0. The molecule has 2 saturated carbocycles. The summed E-state index contributed by atoms with van der Waals surface area (Å²) in [6.07, 6.45) is 4.41. The van der Waals surface area contributed by atoms with Gasteiger partial charge < -0.3 is 11.1 Å². The summed E-state index contributed by atoms with van der Waals surface area (Å²) in [7, 11) is 0. The zero-order valence-corrected chi connectivity index (χ0v) is 12.9. The Bertz CT molecular complexity index is 594. The van der Waals surface area contributed by atoms with Crippen LogP contribution in [0.25, 0.3) is 0 Å². The minimum Gasteiger partial charge on any atom is -0.368 e. The lowest BCUT2D eigenvalue weighted by Gasteiger charge is -2.26. The van der Waals surface area contributed by atoms with Crippen LogP contribution in [0.1, 0.15) is 45.1 Å². The van der Waals surface area contributed by atoms with E-state index < -0.39 is 5.54 Å². The molecule has 0 spiro atoms. The molecule has 2 aliphatic carbocycles. The number of nitrogens with zero attached hydrogens (tertiary/aromatic N) is 2. The van der Waals surface area contributed by atoms with Gasteiger partial charge in [0, 0.05) is 11.3 Å². The summed E-state index contributed by atoms with van der Waals surface area (Å²) in [6.45, 7) is 2.69. The molecule has 0 bridgehead atoms. The van der Waals surface area contributed by atoms with Crippen molar-refractivity contribution in [3.63, 3.8) is 0 Å². The number of hydrogen-bond acceptors (Lipinski definition) is 5. The van der Waals surface area contributed by atoms with E-state index in [0.29, 0.717) is 12.5 Å². The number of aromatic amines is 1. The first-order valence-corrected chi connectivity index (χ1v) is 8.32. The van der Waals surface area contributed by atoms with Crippen LogP contribution in [-0.2, 0) is 4.79 Å². The van der Waals surface area contributed by atoms with Gasteiger partial charge in [0.25, 0.3) is 0 Å². The van der Waals surface area contributed by atoms with Crippen LogP contribution in [0.15, 0.2) is 9.95 Å². The third-order valence-electron chi connectivity index (χ3n) is 4.31. The topological polar surface area (TPSA) is 106 Å². The molecule has 116 valence electrons. The van der Waals surface area contributed by atoms with Crippen molar-refractivity contribution in [1.29, 1.82) is 0 Å². The monoisotopic (exact) mass is 311 g/mol. The molecule has 8 heteroatoms. The molecular weight excluding hydrogens is 290 g/mol.